The zero-order valence-electron chi connectivity index (χ0n) is 8.33. The molecule has 0 saturated carbocycles. The maximum atomic E-state index is 9.77. The highest BCUT2D eigenvalue weighted by Crippen LogP contribution is 2.19. The van der Waals surface area contributed by atoms with Crippen LogP contribution in [0.15, 0.2) is 18.3 Å². The average Bonchev–Trinajstić information content (AvgIpc) is 2.18. The number of hydrogen-bond donors (Lipinski definition) is 1. The SMILES string of the molecule is CCCC(O)c1ncccc1CC. The largest absolute Gasteiger partial charge is 0.387 e. The summed E-state index contributed by atoms with van der Waals surface area (Å²) in [6.07, 6.45) is 4.07. The summed E-state index contributed by atoms with van der Waals surface area (Å²) in [7, 11) is 0. The summed E-state index contributed by atoms with van der Waals surface area (Å²) >= 11 is 0. The summed E-state index contributed by atoms with van der Waals surface area (Å²) < 4.78 is 0. The van der Waals surface area contributed by atoms with Crippen molar-refractivity contribution in [2.24, 2.45) is 0 Å². The summed E-state index contributed by atoms with van der Waals surface area (Å²) in [5, 5.41) is 9.77. The fourth-order valence-electron chi connectivity index (χ4n) is 1.46. The first-order valence-corrected chi connectivity index (χ1v) is 4.91. The minimum Gasteiger partial charge on any atom is -0.387 e. The van der Waals surface area contributed by atoms with Gasteiger partial charge in [-0.15, -0.1) is 0 Å². The van der Waals surface area contributed by atoms with Crippen molar-refractivity contribution in [3.8, 4) is 0 Å². The molecule has 0 fully saturated rings. The van der Waals surface area contributed by atoms with Crippen LogP contribution in [-0.2, 0) is 6.42 Å². The van der Waals surface area contributed by atoms with E-state index >= 15 is 0 Å². The third-order valence-electron chi connectivity index (χ3n) is 2.18. The van der Waals surface area contributed by atoms with Crippen molar-refractivity contribution in [2.45, 2.75) is 39.2 Å². The number of aromatic nitrogens is 1. The van der Waals surface area contributed by atoms with Gasteiger partial charge in [-0.3, -0.25) is 4.98 Å². The second kappa shape index (κ2) is 4.97. The number of aliphatic hydroxyl groups is 1. The van der Waals surface area contributed by atoms with Gasteiger partial charge in [0.15, 0.2) is 0 Å². The number of hydrogen-bond acceptors (Lipinski definition) is 2. The van der Waals surface area contributed by atoms with Gasteiger partial charge in [0.2, 0.25) is 0 Å². The fraction of sp³-hybridized carbons (Fsp3) is 0.545. The van der Waals surface area contributed by atoms with Gasteiger partial charge in [0.1, 0.15) is 0 Å². The second-order valence-electron chi connectivity index (χ2n) is 3.21. The van der Waals surface area contributed by atoms with Crippen LogP contribution >= 0.6 is 0 Å². The van der Waals surface area contributed by atoms with Crippen LogP contribution in [0.1, 0.15) is 44.1 Å². The number of aliphatic hydroxyl groups excluding tert-OH is 1. The monoisotopic (exact) mass is 179 g/mol. The highest BCUT2D eigenvalue weighted by atomic mass is 16.3. The molecule has 1 aromatic rings. The highest BCUT2D eigenvalue weighted by Gasteiger charge is 2.10. The Kier molecular flexibility index (Phi) is 3.90. The Labute approximate surface area is 79.6 Å². The molecule has 0 spiro atoms. The standard InChI is InChI=1S/C11H17NO/c1-3-6-10(13)11-9(4-2)7-5-8-12-11/h5,7-8,10,13H,3-4,6H2,1-2H3. The van der Waals surface area contributed by atoms with Gasteiger partial charge in [-0.2, -0.15) is 0 Å². The van der Waals surface area contributed by atoms with Gasteiger partial charge in [-0.25, -0.2) is 0 Å². The second-order valence-corrected chi connectivity index (χ2v) is 3.21. The molecule has 0 saturated heterocycles. The lowest BCUT2D eigenvalue weighted by molar-refractivity contribution is 0.160. The molecule has 0 aliphatic carbocycles. The van der Waals surface area contributed by atoms with Crippen LogP contribution in [-0.4, -0.2) is 10.1 Å². The molecule has 1 aromatic heterocycles. The maximum absolute atomic E-state index is 9.77. The van der Waals surface area contributed by atoms with Crippen LogP contribution < -0.4 is 0 Å². The Hall–Kier alpha value is -0.890. The Balaban J connectivity index is 2.85. The van der Waals surface area contributed by atoms with Gasteiger partial charge in [-0.05, 0) is 24.5 Å². The van der Waals surface area contributed by atoms with E-state index in [4.69, 9.17) is 0 Å². The van der Waals surface area contributed by atoms with E-state index in [1.54, 1.807) is 6.20 Å². The molecule has 1 rings (SSSR count). The molecule has 0 radical (unpaired) electrons. The molecular weight excluding hydrogens is 162 g/mol. The Morgan fingerprint density at radius 1 is 1.46 bits per heavy atom. The molecule has 72 valence electrons. The highest BCUT2D eigenvalue weighted by molar-refractivity contribution is 5.21. The summed E-state index contributed by atoms with van der Waals surface area (Å²) in [5.41, 5.74) is 2.01. The molecule has 0 aliphatic rings. The quantitative estimate of drug-likeness (QED) is 0.770. The van der Waals surface area contributed by atoms with Crippen molar-refractivity contribution in [3.63, 3.8) is 0 Å². The Morgan fingerprint density at radius 3 is 2.85 bits per heavy atom. The first-order chi connectivity index (χ1) is 6.29. The molecule has 1 unspecified atom stereocenters. The van der Waals surface area contributed by atoms with E-state index in [9.17, 15) is 5.11 Å². The van der Waals surface area contributed by atoms with Crippen LogP contribution in [0.2, 0.25) is 0 Å². The van der Waals surface area contributed by atoms with Gasteiger partial charge >= 0.3 is 0 Å². The van der Waals surface area contributed by atoms with Crippen LogP contribution in [0.4, 0.5) is 0 Å². The van der Waals surface area contributed by atoms with Gasteiger partial charge in [-0.1, -0.05) is 26.3 Å². The molecule has 0 aliphatic heterocycles. The minimum atomic E-state index is -0.388. The first kappa shape index (κ1) is 10.2. The minimum absolute atomic E-state index is 0.388. The predicted molar refractivity (Wildman–Crippen MR) is 53.5 cm³/mol. The van der Waals surface area contributed by atoms with E-state index in [-0.39, 0.29) is 6.10 Å². The lowest BCUT2D eigenvalue weighted by Crippen LogP contribution is -2.03. The lowest BCUT2D eigenvalue weighted by atomic mass is 10.0. The Bertz CT molecular complexity index is 260. The molecule has 1 N–H and O–H groups in total. The summed E-state index contributed by atoms with van der Waals surface area (Å²) in [6.45, 7) is 4.15. The predicted octanol–water partition coefficient (Wildman–Crippen LogP) is 2.48. The molecule has 0 aromatic carbocycles. The first-order valence-electron chi connectivity index (χ1n) is 4.91. The third kappa shape index (κ3) is 2.52. The van der Waals surface area contributed by atoms with Crippen LogP contribution in [0.3, 0.4) is 0 Å². The van der Waals surface area contributed by atoms with Crippen molar-refractivity contribution >= 4 is 0 Å². The normalized spacial score (nSPS) is 12.8. The van der Waals surface area contributed by atoms with Gasteiger partial charge in [0.05, 0.1) is 11.8 Å². The fourth-order valence-corrected chi connectivity index (χ4v) is 1.46. The van der Waals surface area contributed by atoms with Crippen molar-refractivity contribution in [1.82, 2.24) is 4.98 Å². The molecule has 1 heterocycles. The van der Waals surface area contributed by atoms with Gasteiger partial charge in [0, 0.05) is 6.20 Å². The third-order valence-corrected chi connectivity index (χ3v) is 2.18. The van der Waals surface area contributed by atoms with Crippen LogP contribution in [0.5, 0.6) is 0 Å². The van der Waals surface area contributed by atoms with E-state index in [1.807, 2.05) is 12.1 Å². The smallest absolute Gasteiger partial charge is 0.0962 e. The summed E-state index contributed by atoms with van der Waals surface area (Å²) in [4.78, 5) is 4.22. The van der Waals surface area contributed by atoms with Gasteiger partial charge < -0.3 is 5.11 Å². The van der Waals surface area contributed by atoms with Crippen molar-refractivity contribution in [2.75, 3.05) is 0 Å². The number of pyridine rings is 1. The van der Waals surface area contributed by atoms with Crippen molar-refractivity contribution in [3.05, 3.63) is 29.6 Å². The van der Waals surface area contributed by atoms with E-state index in [1.165, 1.54) is 0 Å². The topological polar surface area (TPSA) is 33.1 Å². The van der Waals surface area contributed by atoms with E-state index in [0.29, 0.717) is 0 Å². The number of rotatable bonds is 4. The lowest BCUT2D eigenvalue weighted by Gasteiger charge is -2.12. The van der Waals surface area contributed by atoms with Crippen molar-refractivity contribution in [1.29, 1.82) is 0 Å². The number of nitrogens with zero attached hydrogens (tertiary/aromatic N) is 1. The molecule has 0 bridgehead atoms. The maximum Gasteiger partial charge on any atom is 0.0962 e. The molecule has 1 atom stereocenters. The summed E-state index contributed by atoms with van der Waals surface area (Å²) in [6, 6.07) is 3.95. The van der Waals surface area contributed by atoms with E-state index in [0.717, 1.165) is 30.5 Å². The van der Waals surface area contributed by atoms with Gasteiger partial charge in [0.25, 0.3) is 0 Å². The molecular formula is C11H17NO. The van der Waals surface area contributed by atoms with E-state index < -0.39 is 0 Å². The average molecular weight is 179 g/mol. The van der Waals surface area contributed by atoms with Crippen molar-refractivity contribution < 1.29 is 5.11 Å². The zero-order chi connectivity index (χ0) is 9.68. The molecule has 2 heteroatoms. The van der Waals surface area contributed by atoms with Crippen LogP contribution in [0.25, 0.3) is 0 Å². The molecule has 0 amide bonds. The molecule has 13 heavy (non-hydrogen) atoms. The zero-order valence-corrected chi connectivity index (χ0v) is 8.33. The van der Waals surface area contributed by atoms with E-state index in [2.05, 4.69) is 18.8 Å². The molecule has 2 nitrogen and oxygen atoms in total. The Morgan fingerprint density at radius 2 is 2.23 bits per heavy atom. The number of aryl methyl sites for hydroxylation is 1. The van der Waals surface area contributed by atoms with Crippen LogP contribution in [0, 0.1) is 0 Å². The summed E-state index contributed by atoms with van der Waals surface area (Å²) in [5.74, 6) is 0.